The maximum absolute atomic E-state index is 13.2. The maximum atomic E-state index is 13.2. The van der Waals surface area contributed by atoms with Crippen LogP contribution in [0.15, 0.2) is 85.1 Å². The van der Waals surface area contributed by atoms with E-state index in [1.807, 2.05) is 60.7 Å². The summed E-state index contributed by atoms with van der Waals surface area (Å²) in [6.07, 6.45) is 1.72. The van der Waals surface area contributed by atoms with Crippen molar-refractivity contribution in [3.05, 3.63) is 90.6 Å². The lowest BCUT2D eigenvalue weighted by atomic mass is 10.1. The number of amides is 2. The van der Waals surface area contributed by atoms with Crippen LogP contribution in [0.1, 0.15) is 10.4 Å². The number of ether oxygens (including phenoxy) is 1. The Bertz CT molecular complexity index is 1270. The zero-order valence-corrected chi connectivity index (χ0v) is 16.4. The number of para-hydroxylation sites is 1. The van der Waals surface area contributed by atoms with Gasteiger partial charge >= 0.3 is 0 Å². The van der Waals surface area contributed by atoms with Crippen LogP contribution in [-0.4, -0.2) is 28.2 Å². The second kappa shape index (κ2) is 7.79. The third-order valence-electron chi connectivity index (χ3n) is 4.90. The summed E-state index contributed by atoms with van der Waals surface area (Å²) >= 11 is 0. The minimum Gasteiger partial charge on any atom is -0.482 e. The number of carbonyl (C=O) groups excluding carboxylic acids is 2. The Morgan fingerprint density at radius 2 is 1.74 bits per heavy atom. The quantitative estimate of drug-likeness (QED) is 0.530. The highest BCUT2D eigenvalue weighted by Gasteiger charge is 2.20. The second-order valence-electron chi connectivity index (χ2n) is 7.04. The van der Waals surface area contributed by atoms with Crippen molar-refractivity contribution >= 4 is 23.2 Å². The van der Waals surface area contributed by atoms with Crippen molar-refractivity contribution in [2.45, 2.75) is 0 Å². The van der Waals surface area contributed by atoms with Crippen LogP contribution < -0.4 is 15.4 Å². The number of anilines is 2. The van der Waals surface area contributed by atoms with Crippen LogP contribution in [0.5, 0.6) is 5.75 Å². The molecule has 0 radical (unpaired) electrons. The molecule has 0 fully saturated rings. The highest BCUT2D eigenvalue weighted by Crippen LogP contribution is 2.31. The predicted molar refractivity (Wildman–Crippen MR) is 118 cm³/mol. The van der Waals surface area contributed by atoms with Crippen LogP contribution >= 0.6 is 0 Å². The molecule has 5 rings (SSSR count). The van der Waals surface area contributed by atoms with Gasteiger partial charge < -0.3 is 15.4 Å². The van der Waals surface area contributed by atoms with Gasteiger partial charge in [-0.2, -0.15) is 5.10 Å². The number of rotatable bonds is 4. The molecule has 152 valence electrons. The molecule has 0 atom stereocenters. The van der Waals surface area contributed by atoms with Crippen molar-refractivity contribution in [2.75, 3.05) is 17.2 Å². The highest BCUT2D eigenvalue weighted by molar-refractivity contribution is 6.08. The Kier molecular flexibility index (Phi) is 4.68. The van der Waals surface area contributed by atoms with Crippen LogP contribution in [-0.2, 0) is 4.79 Å². The van der Waals surface area contributed by atoms with E-state index in [0.29, 0.717) is 28.4 Å². The van der Waals surface area contributed by atoms with Gasteiger partial charge in [-0.25, -0.2) is 4.68 Å². The van der Waals surface area contributed by atoms with Crippen molar-refractivity contribution in [3.63, 3.8) is 0 Å². The fourth-order valence-corrected chi connectivity index (χ4v) is 3.42. The lowest BCUT2D eigenvalue weighted by Gasteiger charge is -2.18. The number of benzene rings is 3. The van der Waals surface area contributed by atoms with E-state index < -0.39 is 0 Å². The molecule has 2 amide bonds. The Morgan fingerprint density at radius 1 is 1.00 bits per heavy atom. The van der Waals surface area contributed by atoms with Gasteiger partial charge in [0, 0.05) is 17.4 Å². The van der Waals surface area contributed by atoms with Crippen molar-refractivity contribution in [2.24, 2.45) is 0 Å². The van der Waals surface area contributed by atoms with Crippen LogP contribution in [0, 0.1) is 0 Å². The summed E-state index contributed by atoms with van der Waals surface area (Å²) in [4.78, 5) is 24.8. The number of aromatic nitrogens is 2. The van der Waals surface area contributed by atoms with Gasteiger partial charge in [-0.15, -0.1) is 0 Å². The number of hydrogen-bond donors (Lipinski definition) is 2. The number of nitrogens with zero attached hydrogens (tertiary/aromatic N) is 2. The topological polar surface area (TPSA) is 85.2 Å². The first kappa shape index (κ1) is 18.6. The summed E-state index contributed by atoms with van der Waals surface area (Å²) in [7, 11) is 0. The van der Waals surface area contributed by atoms with Crippen LogP contribution in [0.4, 0.5) is 11.4 Å². The lowest BCUT2D eigenvalue weighted by molar-refractivity contribution is -0.118. The summed E-state index contributed by atoms with van der Waals surface area (Å²) < 4.78 is 7.06. The third kappa shape index (κ3) is 3.76. The Labute approximate surface area is 178 Å². The molecule has 4 aromatic rings. The van der Waals surface area contributed by atoms with Gasteiger partial charge in [0.05, 0.1) is 16.9 Å². The average molecular weight is 410 g/mol. The number of fused-ring (bicyclic) bond motifs is 1. The molecular formula is C24H18N4O3. The molecule has 0 unspecified atom stereocenters. The fraction of sp³-hybridized carbons (Fsp3) is 0.0417. The molecule has 1 aromatic heterocycles. The maximum Gasteiger partial charge on any atom is 0.262 e. The molecule has 0 bridgehead atoms. The van der Waals surface area contributed by atoms with Crippen molar-refractivity contribution in [1.82, 2.24) is 9.78 Å². The molecule has 2 N–H and O–H groups in total. The fourth-order valence-electron chi connectivity index (χ4n) is 3.42. The van der Waals surface area contributed by atoms with E-state index in [2.05, 4.69) is 15.7 Å². The minimum absolute atomic E-state index is 0.0161. The summed E-state index contributed by atoms with van der Waals surface area (Å²) in [6.45, 7) is -0.0161. The van der Waals surface area contributed by atoms with Gasteiger partial charge in [-0.05, 0) is 30.3 Å². The van der Waals surface area contributed by atoms with Crippen molar-refractivity contribution in [1.29, 1.82) is 0 Å². The van der Waals surface area contributed by atoms with E-state index in [-0.39, 0.29) is 18.4 Å². The van der Waals surface area contributed by atoms with Crippen LogP contribution in [0.3, 0.4) is 0 Å². The molecule has 1 aliphatic rings. The third-order valence-corrected chi connectivity index (χ3v) is 4.90. The summed E-state index contributed by atoms with van der Waals surface area (Å²) in [5, 5.41) is 10.3. The van der Waals surface area contributed by atoms with Gasteiger partial charge in [0.1, 0.15) is 11.4 Å². The lowest BCUT2D eigenvalue weighted by Crippen LogP contribution is -2.25. The van der Waals surface area contributed by atoms with Gasteiger partial charge in [-0.3, -0.25) is 9.59 Å². The van der Waals surface area contributed by atoms with E-state index >= 15 is 0 Å². The van der Waals surface area contributed by atoms with E-state index in [1.165, 1.54) is 0 Å². The van der Waals surface area contributed by atoms with Crippen molar-refractivity contribution in [3.8, 4) is 22.7 Å². The van der Waals surface area contributed by atoms with E-state index in [4.69, 9.17) is 4.74 Å². The Hall–Kier alpha value is -4.39. The Balaban J connectivity index is 1.50. The zero-order chi connectivity index (χ0) is 21.2. The summed E-state index contributed by atoms with van der Waals surface area (Å²) in [5.41, 5.74) is 3.78. The van der Waals surface area contributed by atoms with Gasteiger partial charge in [-0.1, -0.05) is 48.5 Å². The van der Waals surface area contributed by atoms with Crippen LogP contribution in [0.2, 0.25) is 0 Å². The molecular weight excluding hydrogens is 392 g/mol. The van der Waals surface area contributed by atoms with Crippen LogP contribution in [0.25, 0.3) is 16.9 Å². The second-order valence-corrected chi connectivity index (χ2v) is 7.04. The normalized spacial score (nSPS) is 12.5. The largest absolute Gasteiger partial charge is 0.482 e. The van der Waals surface area contributed by atoms with Gasteiger partial charge in [0.2, 0.25) is 0 Å². The Morgan fingerprint density at radius 3 is 2.52 bits per heavy atom. The number of carbonyl (C=O) groups is 2. The van der Waals surface area contributed by atoms with Crippen molar-refractivity contribution < 1.29 is 14.3 Å². The van der Waals surface area contributed by atoms with E-state index in [0.717, 1.165) is 11.3 Å². The zero-order valence-electron chi connectivity index (χ0n) is 16.4. The predicted octanol–water partition coefficient (Wildman–Crippen LogP) is 4.12. The van der Waals surface area contributed by atoms with E-state index in [9.17, 15) is 9.59 Å². The minimum atomic E-state index is -0.302. The monoisotopic (exact) mass is 410 g/mol. The first-order chi connectivity index (χ1) is 15.2. The molecule has 31 heavy (non-hydrogen) atoms. The highest BCUT2D eigenvalue weighted by atomic mass is 16.5. The SMILES string of the molecule is O=C1COc2ccc(NC(=O)c3cn(-c4ccccc4)nc3-c3ccccc3)cc2N1. The molecule has 0 saturated carbocycles. The first-order valence-corrected chi connectivity index (χ1v) is 9.76. The molecule has 7 heteroatoms. The molecule has 1 aliphatic heterocycles. The molecule has 3 aromatic carbocycles. The van der Waals surface area contributed by atoms with Gasteiger partial charge in [0.25, 0.3) is 11.8 Å². The molecule has 0 spiro atoms. The standard InChI is InChI=1S/C24H18N4O3/c29-22-15-31-21-12-11-17(13-20(21)26-22)25-24(30)19-14-28(18-9-5-2-6-10-18)27-23(19)16-7-3-1-4-8-16/h1-14H,15H2,(H,25,30)(H,26,29). The van der Waals surface area contributed by atoms with E-state index in [1.54, 1.807) is 29.1 Å². The summed E-state index contributed by atoms with van der Waals surface area (Å²) in [6, 6.07) is 24.3. The van der Waals surface area contributed by atoms with Gasteiger partial charge in [0.15, 0.2) is 6.61 Å². The molecule has 0 saturated heterocycles. The number of nitrogens with one attached hydrogen (secondary N) is 2. The molecule has 0 aliphatic carbocycles. The first-order valence-electron chi connectivity index (χ1n) is 9.76. The smallest absolute Gasteiger partial charge is 0.262 e. The number of hydrogen-bond acceptors (Lipinski definition) is 4. The summed E-state index contributed by atoms with van der Waals surface area (Å²) in [5.74, 6) is 0.0370. The molecule has 2 heterocycles. The average Bonchev–Trinajstić information content (AvgIpc) is 3.26. The molecule has 7 nitrogen and oxygen atoms in total.